The molecule has 3 rings (SSSR count). The molecule has 1 heterocycles. The van der Waals surface area contributed by atoms with E-state index >= 15 is 0 Å². The molecule has 1 aliphatic carbocycles. The summed E-state index contributed by atoms with van der Waals surface area (Å²) in [4.78, 5) is 4.81. The fraction of sp³-hybridized carbons (Fsp3) is 0.533. The number of imidazole rings is 1. The SMILES string of the molecule is CCCC(N)Cc1nc2cc(Br)ccc2n1C1CC1. The summed E-state index contributed by atoms with van der Waals surface area (Å²) in [5, 5.41) is 0. The molecular formula is C15H20BrN3. The molecule has 1 unspecified atom stereocenters. The first-order chi connectivity index (χ1) is 9.19. The lowest BCUT2D eigenvalue weighted by Gasteiger charge is -2.12. The van der Waals surface area contributed by atoms with Crippen LogP contribution in [0.25, 0.3) is 11.0 Å². The van der Waals surface area contributed by atoms with Crippen molar-refractivity contribution in [2.45, 2.75) is 51.1 Å². The van der Waals surface area contributed by atoms with E-state index in [-0.39, 0.29) is 6.04 Å². The number of hydrogen-bond donors (Lipinski definition) is 1. The molecule has 0 saturated heterocycles. The maximum Gasteiger partial charge on any atom is 0.111 e. The molecule has 19 heavy (non-hydrogen) atoms. The van der Waals surface area contributed by atoms with Gasteiger partial charge in [-0.15, -0.1) is 0 Å². The molecule has 2 N–H and O–H groups in total. The lowest BCUT2D eigenvalue weighted by Crippen LogP contribution is -2.24. The summed E-state index contributed by atoms with van der Waals surface area (Å²) < 4.78 is 3.50. The number of nitrogens with two attached hydrogens (primary N) is 1. The van der Waals surface area contributed by atoms with Crippen LogP contribution in [-0.2, 0) is 6.42 Å². The Kier molecular flexibility index (Phi) is 3.63. The van der Waals surface area contributed by atoms with Crippen LogP contribution in [0.15, 0.2) is 22.7 Å². The van der Waals surface area contributed by atoms with Gasteiger partial charge in [0.2, 0.25) is 0 Å². The van der Waals surface area contributed by atoms with Gasteiger partial charge in [0.25, 0.3) is 0 Å². The third kappa shape index (κ3) is 2.70. The van der Waals surface area contributed by atoms with Gasteiger partial charge in [-0.3, -0.25) is 0 Å². The second-order valence-electron chi connectivity index (χ2n) is 5.52. The summed E-state index contributed by atoms with van der Waals surface area (Å²) in [5.74, 6) is 1.16. The Hall–Kier alpha value is -0.870. The molecule has 102 valence electrons. The van der Waals surface area contributed by atoms with Crippen molar-refractivity contribution in [1.29, 1.82) is 0 Å². The lowest BCUT2D eigenvalue weighted by atomic mass is 10.1. The number of nitrogens with zero attached hydrogens (tertiary/aromatic N) is 2. The van der Waals surface area contributed by atoms with E-state index < -0.39 is 0 Å². The van der Waals surface area contributed by atoms with Crippen molar-refractivity contribution in [1.82, 2.24) is 9.55 Å². The molecule has 1 atom stereocenters. The van der Waals surface area contributed by atoms with Crippen molar-refractivity contribution in [3.63, 3.8) is 0 Å². The fourth-order valence-corrected chi connectivity index (χ4v) is 3.06. The number of aromatic nitrogens is 2. The fourth-order valence-electron chi connectivity index (χ4n) is 2.71. The van der Waals surface area contributed by atoms with Crippen molar-refractivity contribution >= 4 is 27.0 Å². The Morgan fingerprint density at radius 1 is 1.47 bits per heavy atom. The van der Waals surface area contributed by atoms with E-state index in [9.17, 15) is 0 Å². The number of fused-ring (bicyclic) bond motifs is 1. The Morgan fingerprint density at radius 2 is 2.26 bits per heavy atom. The molecule has 1 aliphatic rings. The summed E-state index contributed by atoms with van der Waals surface area (Å²) in [6, 6.07) is 7.24. The highest BCUT2D eigenvalue weighted by Gasteiger charge is 2.28. The summed E-state index contributed by atoms with van der Waals surface area (Å²) >= 11 is 3.52. The smallest absolute Gasteiger partial charge is 0.111 e. The van der Waals surface area contributed by atoms with Gasteiger partial charge in [0.05, 0.1) is 11.0 Å². The van der Waals surface area contributed by atoms with Gasteiger partial charge in [0, 0.05) is 23.0 Å². The topological polar surface area (TPSA) is 43.8 Å². The van der Waals surface area contributed by atoms with E-state index in [1.807, 2.05) is 0 Å². The second-order valence-corrected chi connectivity index (χ2v) is 6.43. The Morgan fingerprint density at radius 3 is 2.95 bits per heavy atom. The molecule has 4 heteroatoms. The predicted octanol–water partition coefficient (Wildman–Crippen LogP) is 3.80. The van der Waals surface area contributed by atoms with Gasteiger partial charge in [0.1, 0.15) is 5.82 Å². The molecule has 3 nitrogen and oxygen atoms in total. The molecule has 1 aromatic heterocycles. The maximum atomic E-state index is 6.19. The summed E-state index contributed by atoms with van der Waals surface area (Å²) in [5.41, 5.74) is 8.53. The van der Waals surface area contributed by atoms with Crippen LogP contribution in [0, 0.1) is 0 Å². The van der Waals surface area contributed by atoms with Gasteiger partial charge in [-0.2, -0.15) is 0 Å². The minimum absolute atomic E-state index is 0.225. The van der Waals surface area contributed by atoms with Gasteiger partial charge >= 0.3 is 0 Å². The average molecular weight is 322 g/mol. The largest absolute Gasteiger partial charge is 0.327 e. The molecule has 2 aromatic rings. The molecule has 1 aromatic carbocycles. The molecule has 0 spiro atoms. The lowest BCUT2D eigenvalue weighted by molar-refractivity contribution is 0.564. The van der Waals surface area contributed by atoms with Crippen LogP contribution in [0.3, 0.4) is 0 Å². The normalized spacial score (nSPS) is 17.0. The van der Waals surface area contributed by atoms with Gasteiger partial charge in [-0.05, 0) is 37.5 Å². The standard InChI is InChI=1S/C15H20BrN3/c1-2-3-11(17)9-15-18-13-8-10(16)4-7-14(13)19(15)12-5-6-12/h4,7-8,11-12H,2-3,5-6,9,17H2,1H3. The first-order valence-corrected chi connectivity index (χ1v) is 7.90. The highest BCUT2D eigenvalue weighted by Crippen LogP contribution is 2.39. The van der Waals surface area contributed by atoms with Crippen molar-refractivity contribution in [3.05, 3.63) is 28.5 Å². The average Bonchev–Trinajstić information content (AvgIpc) is 3.12. The van der Waals surface area contributed by atoms with Crippen LogP contribution in [0.1, 0.15) is 44.5 Å². The molecule has 0 radical (unpaired) electrons. The van der Waals surface area contributed by atoms with Crippen molar-refractivity contribution in [3.8, 4) is 0 Å². The minimum Gasteiger partial charge on any atom is -0.327 e. The molecule has 0 amide bonds. The zero-order valence-electron chi connectivity index (χ0n) is 11.3. The van der Waals surface area contributed by atoms with E-state index in [1.54, 1.807) is 0 Å². The Balaban J connectivity index is 2.00. The Labute approximate surface area is 122 Å². The number of benzene rings is 1. The van der Waals surface area contributed by atoms with Crippen LogP contribution in [-0.4, -0.2) is 15.6 Å². The molecular weight excluding hydrogens is 302 g/mol. The van der Waals surface area contributed by atoms with E-state index in [4.69, 9.17) is 10.7 Å². The van der Waals surface area contributed by atoms with Crippen molar-refractivity contribution < 1.29 is 0 Å². The van der Waals surface area contributed by atoms with Gasteiger partial charge < -0.3 is 10.3 Å². The number of hydrogen-bond acceptors (Lipinski definition) is 2. The highest BCUT2D eigenvalue weighted by molar-refractivity contribution is 9.10. The van der Waals surface area contributed by atoms with Crippen molar-refractivity contribution in [2.24, 2.45) is 5.73 Å². The number of halogens is 1. The third-order valence-corrected chi connectivity index (χ3v) is 4.23. The van der Waals surface area contributed by atoms with Crippen LogP contribution < -0.4 is 5.73 Å². The summed E-state index contributed by atoms with van der Waals surface area (Å²) in [7, 11) is 0. The third-order valence-electron chi connectivity index (χ3n) is 3.74. The zero-order chi connectivity index (χ0) is 13.4. The number of rotatable bonds is 5. The Bertz CT molecular complexity index is 586. The quantitative estimate of drug-likeness (QED) is 0.910. The van der Waals surface area contributed by atoms with Crippen LogP contribution in [0.2, 0.25) is 0 Å². The first-order valence-electron chi connectivity index (χ1n) is 7.11. The molecule has 0 bridgehead atoms. The molecule has 0 aliphatic heterocycles. The van der Waals surface area contributed by atoms with E-state index in [0.29, 0.717) is 6.04 Å². The van der Waals surface area contributed by atoms with Crippen LogP contribution >= 0.6 is 15.9 Å². The summed E-state index contributed by atoms with van der Waals surface area (Å²) in [6.45, 7) is 2.18. The van der Waals surface area contributed by atoms with E-state index in [1.165, 1.54) is 18.4 Å². The van der Waals surface area contributed by atoms with Gasteiger partial charge in [-0.1, -0.05) is 29.3 Å². The highest BCUT2D eigenvalue weighted by atomic mass is 79.9. The van der Waals surface area contributed by atoms with Gasteiger partial charge in [-0.25, -0.2) is 4.98 Å². The van der Waals surface area contributed by atoms with E-state index in [0.717, 1.165) is 35.1 Å². The van der Waals surface area contributed by atoms with Gasteiger partial charge in [0.15, 0.2) is 0 Å². The zero-order valence-corrected chi connectivity index (χ0v) is 12.9. The summed E-state index contributed by atoms with van der Waals surface area (Å²) in [6.07, 6.45) is 5.64. The predicted molar refractivity (Wildman–Crippen MR) is 82.3 cm³/mol. The van der Waals surface area contributed by atoms with Crippen LogP contribution in [0.5, 0.6) is 0 Å². The maximum absolute atomic E-state index is 6.19. The van der Waals surface area contributed by atoms with E-state index in [2.05, 4.69) is 45.6 Å². The first kappa shape index (κ1) is 13.1. The molecule has 1 fully saturated rings. The second kappa shape index (κ2) is 5.25. The van der Waals surface area contributed by atoms with Crippen LogP contribution in [0.4, 0.5) is 0 Å². The monoisotopic (exact) mass is 321 g/mol. The minimum atomic E-state index is 0.225. The van der Waals surface area contributed by atoms with Crippen molar-refractivity contribution in [2.75, 3.05) is 0 Å². The molecule has 1 saturated carbocycles.